The van der Waals surface area contributed by atoms with Crippen LogP contribution in [0.15, 0.2) is 0 Å². The van der Waals surface area contributed by atoms with Crippen LogP contribution in [0.3, 0.4) is 0 Å². The van der Waals surface area contributed by atoms with E-state index >= 15 is 0 Å². The summed E-state index contributed by atoms with van der Waals surface area (Å²) < 4.78 is 0. The first-order valence-corrected chi connectivity index (χ1v) is 4.79. The van der Waals surface area contributed by atoms with Gasteiger partial charge in [-0.2, -0.15) is 0 Å². The molecule has 0 spiro atoms. The van der Waals surface area contributed by atoms with Crippen molar-refractivity contribution < 1.29 is 4.79 Å². The van der Waals surface area contributed by atoms with E-state index < -0.39 is 0 Å². The zero-order chi connectivity index (χ0) is 8.55. The fourth-order valence-electron chi connectivity index (χ4n) is 2.92. The molecule has 12 heavy (non-hydrogen) atoms. The Hall–Kier alpha value is -0.770. The Kier molecular flexibility index (Phi) is 1.92. The van der Waals surface area contributed by atoms with Gasteiger partial charge in [-0.05, 0) is 42.9 Å². The molecule has 2 aliphatic rings. The topological polar surface area (TPSA) is 17.1 Å². The van der Waals surface area contributed by atoms with E-state index in [-0.39, 0.29) is 5.78 Å². The minimum absolute atomic E-state index is 0.00699. The molecule has 0 aromatic heterocycles. The Bertz CT molecular complexity index is 236. The second kappa shape index (κ2) is 2.94. The van der Waals surface area contributed by atoms with Crippen LogP contribution in [0.4, 0.5) is 0 Å². The Labute approximate surface area is 73.5 Å². The van der Waals surface area contributed by atoms with Gasteiger partial charge in [-0.1, -0.05) is 6.42 Å². The molecule has 0 saturated heterocycles. The highest BCUT2D eigenvalue weighted by Crippen LogP contribution is 2.49. The largest absolute Gasteiger partial charge is 0.285 e. The van der Waals surface area contributed by atoms with Crippen molar-refractivity contribution in [2.75, 3.05) is 0 Å². The molecule has 2 saturated carbocycles. The zero-order valence-electron chi connectivity index (χ0n) is 7.25. The van der Waals surface area contributed by atoms with Gasteiger partial charge in [0.1, 0.15) is 0 Å². The van der Waals surface area contributed by atoms with Crippen LogP contribution in [0.5, 0.6) is 0 Å². The lowest BCUT2D eigenvalue weighted by atomic mass is 9.85. The van der Waals surface area contributed by atoms with Crippen molar-refractivity contribution >= 4 is 5.78 Å². The van der Waals surface area contributed by atoms with Crippen LogP contribution >= 0.6 is 0 Å². The van der Waals surface area contributed by atoms with Crippen molar-refractivity contribution in [3.63, 3.8) is 0 Å². The number of hydrogen-bond acceptors (Lipinski definition) is 1. The smallest absolute Gasteiger partial charge is 0.205 e. The van der Waals surface area contributed by atoms with Crippen molar-refractivity contribution in [2.24, 2.45) is 17.8 Å². The number of hydrogen-bond donors (Lipinski definition) is 0. The van der Waals surface area contributed by atoms with Crippen molar-refractivity contribution in [3.8, 4) is 12.3 Å². The molecule has 0 N–H and O–H groups in total. The monoisotopic (exact) mass is 162 g/mol. The normalized spacial score (nSPS) is 38.1. The number of terminal acetylenes is 1. The summed E-state index contributed by atoms with van der Waals surface area (Å²) in [6.45, 7) is 0. The molecule has 0 radical (unpaired) electrons. The van der Waals surface area contributed by atoms with Crippen LogP contribution in [-0.4, -0.2) is 5.78 Å². The van der Waals surface area contributed by atoms with Crippen LogP contribution in [-0.2, 0) is 4.79 Å². The van der Waals surface area contributed by atoms with E-state index in [1.807, 2.05) is 0 Å². The van der Waals surface area contributed by atoms with Gasteiger partial charge in [0.25, 0.3) is 0 Å². The van der Waals surface area contributed by atoms with E-state index in [1.165, 1.54) is 25.7 Å². The molecule has 0 amide bonds. The Morgan fingerprint density at radius 1 is 1.42 bits per heavy atom. The van der Waals surface area contributed by atoms with E-state index in [1.54, 1.807) is 0 Å². The van der Waals surface area contributed by atoms with Gasteiger partial charge in [0, 0.05) is 6.42 Å². The molecule has 3 atom stereocenters. The van der Waals surface area contributed by atoms with E-state index in [0.717, 1.165) is 11.8 Å². The maximum atomic E-state index is 11.0. The van der Waals surface area contributed by atoms with Gasteiger partial charge in [-0.3, -0.25) is 4.79 Å². The highest BCUT2D eigenvalue weighted by molar-refractivity contribution is 5.94. The molecule has 0 aliphatic heterocycles. The molecule has 64 valence electrons. The zero-order valence-corrected chi connectivity index (χ0v) is 7.25. The van der Waals surface area contributed by atoms with Crippen molar-refractivity contribution in [3.05, 3.63) is 0 Å². The second-order valence-electron chi connectivity index (χ2n) is 4.21. The summed E-state index contributed by atoms with van der Waals surface area (Å²) in [6.07, 6.45) is 11.1. The van der Waals surface area contributed by atoms with Gasteiger partial charge < -0.3 is 0 Å². The molecule has 0 aromatic carbocycles. The minimum Gasteiger partial charge on any atom is -0.285 e. The van der Waals surface area contributed by atoms with E-state index in [2.05, 4.69) is 5.92 Å². The van der Waals surface area contributed by atoms with Crippen LogP contribution < -0.4 is 0 Å². The Morgan fingerprint density at radius 2 is 2.25 bits per heavy atom. The molecule has 0 heterocycles. The van der Waals surface area contributed by atoms with Gasteiger partial charge in [-0.25, -0.2) is 0 Å². The fraction of sp³-hybridized carbons (Fsp3) is 0.727. The number of rotatable bonds is 2. The van der Waals surface area contributed by atoms with Crippen LogP contribution in [0.2, 0.25) is 0 Å². The second-order valence-corrected chi connectivity index (χ2v) is 4.21. The molecule has 3 unspecified atom stereocenters. The predicted octanol–water partition coefficient (Wildman–Crippen LogP) is 2.02. The first kappa shape index (κ1) is 7.86. The van der Waals surface area contributed by atoms with E-state index in [0.29, 0.717) is 12.3 Å². The van der Waals surface area contributed by atoms with Gasteiger partial charge in [0.15, 0.2) is 0 Å². The number of carbonyl (C=O) groups excluding carboxylic acids is 1. The number of fused-ring (bicyclic) bond motifs is 2. The first-order chi connectivity index (χ1) is 5.79. The van der Waals surface area contributed by atoms with Crippen molar-refractivity contribution in [1.82, 2.24) is 0 Å². The third-order valence-electron chi connectivity index (χ3n) is 3.49. The maximum absolute atomic E-state index is 11.0. The van der Waals surface area contributed by atoms with Crippen LogP contribution in [0.25, 0.3) is 0 Å². The molecule has 0 aromatic rings. The van der Waals surface area contributed by atoms with Crippen LogP contribution in [0.1, 0.15) is 32.1 Å². The molecular weight excluding hydrogens is 148 g/mol. The van der Waals surface area contributed by atoms with Crippen molar-refractivity contribution in [1.29, 1.82) is 0 Å². The van der Waals surface area contributed by atoms with Gasteiger partial charge in [-0.15, -0.1) is 6.42 Å². The highest BCUT2D eigenvalue weighted by atomic mass is 16.1. The fourth-order valence-corrected chi connectivity index (χ4v) is 2.92. The molecule has 1 nitrogen and oxygen atoms in total. The standard InChI is InChI=1S/C11H14O/c1-2-11(12)7-10-6-8-3-4-9(10)5-8/h1,8-10H,3-7H2. The van der Waals surface area contributed by atoms with Crippen LogP contribution in [0, 0.1) is 30.1 Å². The third kappa shape index (κ3) is 1.27. The average Bonchev–Trinajstić information content (AvgIpc) is 2.64. The number of carbonyl (C=O) groups is 1. The lowest BCUT2D eigenvalue weighted by Gasteiger charge is -2.19. The lowest BCUT2D eigenvalue weighted by molar-refractivity contribution is -0.115. The third-order valence-corrected chi connectivity index (χ3v) is 3.49. The number of Topliss-reactive ketones (excluding diaryl/α,β-unsaturated/α-hetero) is 1. The molecule has 2 bridgehead atoms. The van der Waals surface area contributed by atoms with Gasteiger partial charge >= 0.3 is 0 Å². The summed E-state index contributed by atoms with van der Waals surface area (Å²) in [4.78, 5) is 11.0. The van der Waals surface area contributed by atoms with E-state index in [9.17, 15) is 4.79 Å². The van der Waals surface area contributed by atoms with Gasteiger partial charge in [0.2, 0.25) is 5.78 Å². The molecule has 2 rings (SSSR count). The summed E-state index contributed by atoms with van der Waals surface area (Å²) in [5.41, 5.74) is 0. The SMILES string of the molecule is C#CC(=O)CC1CC2CCC1C2. The van der Waals surface area contributed by atoms with E-state index in [4.69, 9.17) is 6.42 Å². The molecular formula is C11H14O. The van der Waals surface area contributed by atoms with Gasteiger partial charge in [0.05, 0.1) is 0 Å². The summed E-state index contributed by atoms with van der Waals surface area (Å²) in [6, 6.07) is 0. The lowest BCUT2D eigenvalue weighted by Crippen LogP contribution is -2.14. The number of ketones is 1. The quantitative estimate of drug-likeness (QED) is 0.448. The predicted molar refractivity (Wildman–Crippen MR) is 47.4 cm³/mol. The molecule has 2 aliphatic carbocycles. The minimum atomic E-state index is 0.00699. The average molecular weight is 162 g/mol. The van der Waals surface area contributed by atoms with Crippen molar-refractivity contribution in [2.45, 2.75) is 32.1 Å². The summed E-state index contributed by atoms with van der Waals surface area (Å²) >= 11 is 0. The highest BCUT2D eigenvalue weighted by Gasteiger charge is 2.39. The summed E-state index contributed by atoms with van der Waals surface area (Å²) in [7, 11) is 0. The molecule has 1 heteroatoms. The Morgan fingerprint density at radius 3 is 2.75 bits per heavy atom. The Balaban J connectivity index is 1.91. The summed E-state index contributed by atoms with van der Waals surface area (Å²) in [5, 5.41) is 0. The summed E-state index contributed by atoms with van der Waals surface area (Å²) in [5.74, 6) is 4.60. The first-order valence-electron chi connectivity index (χ1n) is 4.79. The maximum Gasteiger partial charge on any atom is 0.205 e. The molecule has 2 fully saturated rings.